The third-order valence-corrected chi connectivity index (χ3v) is 3.97. The molecule has 1 aromatic rings. The Bertz CT molecular complexity index is 416. The minimum Gasteiger partial charge on any atom is -0.397 e. The summed E-state index contributed by atoms with van der Waals surface area (Å²) in [7, 11) is 0. The summed E-state index contributed by atoms with van der Waals surface area (Å²) in [4.78, 5) is 16.2. The van der Waals surface area contributed by atoms with Crippen LogP contribution in [0.25, 0.3) is 0 Å². The van der Waals surface area contributed by atoms with E-state index in [1.165, 1.54) is 19.3 Å². The van der Waals surface area contributed by atoms with Gasteiger partial charge >= 0.3 is 0 Å². The van der Waals surface area contributed by atoms with Crippen LogP contribution in [0, 0.1) is 5.92 Å². The Labute approximate surface area is 114 Å². The SMILES string of the molecule is CCC1CCCCC1NC(=O)Cc1ccc(N)cn1. The minimum absolute atomic E-state index is 0.0719. The van der Waals surface area contributed by atoms with Crippen LogP contribution in [-0.4, -0.2) is 16.9 Å². The lowest BCUT2D eigenvalue weighted by molar-refractivity contribution is -0.121. The predicted molar refractivity (Wildman–Crippen MR) is 76.5 cm³/mol. The maximum Gasteiger partial charge on any atom is 0.226 e. The number of carbonyl (C=O) groups excluding carboxylic acids is 1. The van der Waals surface area contributed by atoms with Gasteiger partial charge in [-0.15, -0.1) is 0 Å². The summed E-state index contributed by atoms with van der Waals surface area (Å²) in [5, 5.41) is 3.17. The molecule has 1 aliphatic rings. The number of hydrogen-bond acceptors (Lipinski definition) is 3. The van der Waals surface area contributed by atoms with Gasteiger partial charge in [-0.2, -0.15) is 0 Å². The van der Waals surface area contributed by atoms with E-state index < -0.39 is 0 Å². The average molecular weight is 261 g/mol. The van der Waals surface area contributed by atoms with E-state index >= 15 is 0 Å². The van der Waals surface area contributed by atoms with Crippen molar-refractivity contribution in [3.8, 4) is 0 Å². The highest BCUT2D eigenvalue weighted by Gasteiger charge is 2.24. The van der Waals surface area contributed by atoms with Gasteiger partial charge in [-0.05, 0) is 30.9 Å². The quantitative estimate of drug-likeness (QED) is 0.873. The number of aromatic nitrogens is 1. The van der Waals surface area contributed by atoms with E-state index in [1.54, 1.807) is 12.3 Å². The number of anilines is 1. The van der Waals surface area contributed by atoms with E-state index in [2.05, 4.69) is 17.2 Å². The topological polar surface area (TPSA) is 68.0 Å². The lowest BCUT2D eigenvalue weighted by atomic mass is 9.83. The summed E-state index contributed by atoms with van der Waals surface area (Å²) in [6.45, 7) is 2.21. The lowest BCUT2D eigenvalue weighted by Gasteiger charge is -2.31. The van der Waals surface area contributed by atoms with Gasteiger partial charge in [0, 0.05) is 11.7 Å². The first-order chi connectivity index (χ1) is 9.19. The Morgan fingerprint density at radius 2 is 2.21 bits per heavy atom. The van der Waals surface area contributed by atoms with Gasteiger partial charge in [0.1, 0.15) is 0 Å². The van der Waals surface area contributed by atoms with Crippen LogP contribution in [0.3, 0.4) is 0 Å². The molecule has 1 heterocycles. The standard InChI is InChI=1S/C15H23N3O/c1-2-11-5-3-4-6-14(11)18-15(19)9-13-8-7-12(16)10-17-13/h7-8,10-11,14H,2-6,9,16H2,1H3,(H,18,19). The number of nitrogen functional groups attached to an aromatic ring is 1. The third-order valence-electron chi connectivity index (χ3n) is 3.97. The molecule has 1 fully saturated rings. The van der Waals surface area contributed by atoms with Crippen LogP contribution >= 0.6 is 0 Å². The first kappa shape index (κ1) is 13.8. The molecule has 3 N–H and O–H groups in total. The fraction of sp³-hybridized carbons (Fsp3) is 0.600. The van der Waals surface area contributed by atoms with Crippen molar-refractivity contribution >= 4 is 11.6 Å². The van der Waals surface area contributed by atoms with Crippen molar-refractivity contribution in [2.75, 3.05) is 5.73 Å². The largest absolute Gasteiger partial charge is 0.397 e. The zero-order chi connectivity index (χ0) is 13.7. The van der Waals surface area contributed by atoms with Crippen LogP contribution in [0.5, 0.6) is 0 Å². The normalized spacial score (nSPS) is 23.0. The van der Waals surface area contributed by atoms with Crippen LogP contribution in [0.1, 0.15) is 44.7 Å². The first-order valence-electron chi connectivity index (χ1n) is 7.18. The number of hydrogen-bond donors (Lipinski definition) is 2. The molecule has 0 bridgehead atoms. The van der Waals surface area contributed by atoms with Crippen molar-refractivity contribution in [1.82, 2.24) is 10.3 Å². The highest BCUT2D eigenvalue weighted by Crippen LogP contribution is 2.26. The molecule has 1 aliphatic carbocycles. The van der Waals surface area contributed by atoms with Crippen LogP contribution in [0.4, 0.5) is 5.69 Å². The van der Waals surface area contributed by atoms with Gasteiger partial charge in [-0.3, -0.25) is 9.78 Å². The molecule has 2 atom stereocenters. The molecule has 0 radical (unpaired) electrons. The van der Waals surface area contributed by atoms with Crippen LogP contribution in [0.2, 0.25) is 0 Å². The Balaban J connectivity index is 1.88. The molecule has 2 rings (SSSR count). The fourth-order valence-electron chi connectivity index (χ4n) is 2.85. The maximum absolute atomic E-state index is 12.0. The summed E-state index contributed by atoms with van der Waals surface area (Å²) >= 11 is 0. The zero-order valence-corrected chi connectivity index (χ0v) is 11.6. The molecular weight excluding hydrogens is 238 g/mol. The molecule has 4 nitrogen and oxygen atoms in total. The second kappa shape index (κ2) is 6.55. The molecule has 1 saturated carbocycles. The van der Waals surface area contributed by atoms with Gasteiger partial charge in [0.2, 0.25) is 5.91 Å². The number of nitrogens with one attached hydrogen (secondary N) is 1. The van der Waals surface area contributed by atoms with Crippen molar-refractivity contribution in [1.29, 1.82) is 0 Å². The van der Waals surface area contributed by atoms with Gasteiger partial charge < -0.3 is 11.1 Å². The number of rotatable bonds is 4. The summed E-state index contributed by atoms with van der Waals surface area (Å²) in [6.07, 6.45) is 7.95. The highest BCUT2D eigenvalue weighted by atomic mass is 16.1. The smallest absolute Gasteiger partial charge is 0.226 e. The van der Waals surface area contributed by atoms with Gasteiger partial charge in [0.25, 0.3) is 0 Å². The van der Waals surface area contributed by atoms with Gasteiger partial charge in [-0.1, -0.05) is 26.2 Å². The monoisotopic (exact) mass is 261 g/mol. The van der Waals surface area contributed by atoms with Gasteiger partial charge in [-0.25, -0.2) is 0 Å². The molecule has 19 heavy (non-hydrogen) atoms. The van der Waals surface area contributed by atoms with Gasteiger partial charge in [0.15, 0.2) is 0 Å². The molecule has 0 aliphatic heterocycles. The van der Waals surface area contributed by atoms with Crippen LogP contribution < -0.4 is 11.1 Å². The number of pyridine rings is 1. The molecule has 0 aromatic carbocycles. The second-order valence-electron chi connectivity index (χ2n) is 5.39. The molecule has 1 aromatic heterocycles. The Morgan fingerprint density at radius 3 is 2.89 bits per heavy atom. The summed E-state index contributed by atoms with van der Waals surface area (Å²) in [6, 6.07) is 3.94. The van der Waals surface area contributed by atoms with E-state index in [9.17, 15) is 4.79 Å². The van der Waals surface area contributed by atoms with Crippen LogP contribution in [0.15, 0.2) is 18.3 Å². The first-order valence-corrected chi connectivity index (χ1v) is 7.18. The maximum atomic E-state index is 12.0. The fourth-order valence-corrected chi connectivity index (χ4v) is 2.85. The molecule has 1 amide bonds. The zero-order valence-electron chi connectivity index (χ0n) is 11.6. The van der Waals surface area contributed by atoms with E-state index in [1.807, 2.05) is 6.07 Å². The van der Waals surface area contributed by atoms with Crippen molar-refractivity contribution in [2.24, 2.45) is 5.92 Å². The molecule has 2 unspecified atom stereocenters. The van der Waals surface area contributed by atoms with E-state index in [0.717, 1.165) is 18.5 Å². The van der Waals surface area contributed by atoms with Crippen molar-refractivity contribution in [3.05, 3.63) is 24.0 Å². The molecular formula is C15H23N3O. The van der Waals surface area contributed by atoms with Crippen LogP contribution in [-0.2, 0) is 11.2 Å². The summed E-state index contributed by atoms with van der Waals surface area (Å²) in [5.41, 5.74) is 6.98. The molecule has 0 saturated heterocycles. The van der Waals surface area contributed by atoms with Crippen molar-refractivity contribution < 1.29 is 4.79 Å². The third kappa shape index (κ3) is 3.94. The Kier molecular flexibility index (Phi) is 4.77. The average Bonchev–Trinajstić information content (AvgIpc) is 2.42. The Morgan fingerprint density at radius 1 is 1.42 bits per heavy atom. The second-order valence-corrected chi connectivity index (χ2v) is 5.39. The van der Waals surface area contributed by atoms with Crippen molar-refractivity contribution in [2.45, 2.75) is 51.5 Å². The lowest BCUT2D eigenvalue weighted by Crippen LogP contribution is -2.42. The number of amides is 1. The number of nitrogens with zero attached hydrogens (tertiary/aromatic N) is 1. The van der Waals surface area contributed by atoms with E-state index in [4.69, 9.17) is 5.73 Å². The van der Waals surface area contributed by atoms with E-state index in [-0.39, 0.29) is 5.91 Å². The minimum atomic E-state index is 0.0719. The predicted octanol–water partition coefficient (Wildman–Crippen LogP) is 2.29. The number of carbonyl (C=O) groups is 1. The van der Waals surface area contributed by atoms with Crippen molar-refractivity contribution in [3.63, 3.8) is 0 Å². The molecule has 0 spiro atoms. The Hall–Kier alpha value is -1.58. The van der Waals surface area contributed by atoms with Gasteiger partial charge in [0.05, 0.1) is 18.3 Å². The number of nitrogens with two attached hydrogens (primary N) is 1. The molecule has 104 valence electrons. The van der Waals surface area contributed by atoms with E-state index in [0.29, 0.717) is 24.1 Å². The molecule has 4 heteroatoms. The highest BCUT2D eigenvalue weighted by molar-refractivity contribution is 5.78. The summed E-state index contributed by atoms with van der Waals surface area (Å²) in [5.74, 6) is 0.708. The summed E-state index contributed by atoms with van der Waals surface area (Å²) < 4.78 is 0.